The molecular formula is C10H10N4O2S. The van der Waals surface area contributed by atoms with Crippen LogP contribution in [0.25, 0.3) is 0 Å². The lowest BCUT2D eigenvalue weighted by Crippen LogP contribution is -2.01. The van der Waals surface area contributed by atoms with Crippen molar-refractivity contribution >= 4 is 17.7 Å². The van der Waals surface area contributed by atoms with E-state index in [0.29, 0.717) is 10.1 Å². The maximum atomic E-state index is 11.1. The first kappa shape index (κ1) is 11.6. The van der Waals surface area contributed by atoms with Gasteiger partial charge in [0.25, 0.3) is 0 Å². The van der Waals surface area contributed by atoms with Crippen LogP contribution in [-0.2, 0) is 7.05 Å². The van der Waals surface area contributed by atoms with Crippen LogP contribution < -0.4 is 0 Å². The topological polar surface area (TPSA) is 80.9 Å². The highest BCUT2D eigenvalue weighted by molar-refractivity contribution is 7.99. The van der Waals surface area contributed by atoms with E-state index in [4.69, 9.17) is 5.11 Å². The minimum absolute atomic E-state index is 0.262. The first-order valence-corrected chi connectivity index (χ1v) is 5.64. The van der Waals surface area contributed by atoms with Crippen molar-refractivity contribution in [1.29, 1.82) is 0 Å². The zero-order chi connectivity index (χ0) is 12.4. The van der Waals surface area contributed by atoms with E-state index in [9.17, 15) is 4.79 Å². The lowest BCUT2D eigenvalue weighted by molar-refractivity contribution is 0.0693. The van der Waals surface area contributed by atoms with E-state index in [1.54, 1.807) is 19.2 Å². The number of hydrogen-bond acceptors (Lipinski definition) is 5. The molecule has 1 heterocycles. The highest BCUT2D eigenvalue weighted by atomic mass is 32.2. The quantitative estimate of drug-likeness (QED) is 0.886. The Morgan fingerprint density at radius 1 is 1.47 bits per heavy atom. The summed E-state index contributed by atoms with van der Waals surface area (Å²) in [4.78, 5) is 11.8. The molecule has 0 fully saturated rings. The third-order valence-electron chi connectivity index (χ3n) is 2.22. The van der Waals surface area contributed by atoms with Crippen LogP contribution in [0.2, 0.25) is 0 Å². The van der Waals surface area contributed by atoms with Gasteiger partial charge in [-0.3, -0.25) is 0 Å². The fraction of sp³-hybridized carbons (Fsp3) is 0.200. The predicted octanol–water partition coefficient (Wildman–Crippen LogP) is 1.37. The molecule has 88 valence electrons. The zero-order valence-corrected chi connectivity index (χ0v) is 10.1. The number of hydrogen-bond donors (Lipinski definition) is 1. The third kappa shape index (κ3) is 2.28. The van der Waals surface area contributed by atoms with Crippen LogP contribution in [-0.4, -0.2) is 31.3 Å². The zero-order valence-electron chi connectivity index (χ0n) is 9.28. The molecule has 17 heavy (non-hydrogen) atoms. The number of aryl methyl sites for hydroxylation is 2. The Bertz CT molecular complexity index is 567. The molecule has 1 aromatic carbocycles. The average molecular weight is 250 g/mol. The van der Waals surface area contributed by atoms with Gasteiger partial charge >= 0.3 is 5.97 Å². The molecule has 2 rings (SSSR count). The molecule has 0 saturated heterocycles. The van der Waals surface area contributed by atoms with Gasteiger partial charge in [0, 0.05) is 11.9 Å². The molecule has 1 aromatic heterocycles. The van der Waals surface area contributed by atoms with Crippen molar-refractivity contribution < 1.29 is 9.90 Å². The Hall–Kier alpha value is -1.89. The van der Waals surface area contributed by atoms with Gasteiger partial charge in [0.05, 0.1) is 5.56 Å². The van der Waals surface area contributed by atoms with Gasteiger partial charge in [-0.05, 0) is 40.7 Å². The second kappa shape index (κ2) is 4.54. The summed E-state index contributed by atoms with van der Waals surface area (Å²) in [5, 5.41) is 20.7. The molecule has 0 atom stereocenters. The largest absolute Gasteiger partial charge is 0.478 e. The smallest absolute Gasteiger partial charge is 0.336 e. The van der Waals surface area contributed by atoms with E-state index >= 15 is 0 Å². The highest BCUT2D eigenvalue weighted by Crippen LogP contribution is 2.31. The summed E-state index contributed by atoms with van der Waals surface area (Å²) in [5.41, 5.74) is 1.15. The second-order valence-electron chi connectivity index (χ2n) is 3.44. The van der Waals surface area contributed by atoms with E-state index in [-0.39, 0.29) is 5.56 Å². The Morgan fingerprint density at radius 2 is 2.24 bits per heavy atom. The average Bonchev–Trinajstić information content (AvgIpc) is 2.67. The molecule has 1 N–H and O–H groups in total. The van der Waals surface area contributed by atoms with Gasteiger partial charge in [-0.25, -0.2) is 9.48 Å². The number of carboxylic acids is 1. The van der Waals surface area contributed by atoms with E-state index < -0.39 is 5.97 Å². The van der Waals surface area contributed by atoms with Crippen LogP contribution in [0.4, 0.5) is 0 Å². The molecule has 0 spiro atoms. The minimum Gasteiger partial charge on any atom is -0.478 e. The van der Waals surface area contributed by atoms with E-state index in [2.05, 4.69) is 15.5 Å². The third-order valence-corrected chi connectivity index (χ3v) is 3.49. The van der Waals surface area contributed by atoms with Crippen LogP contribution in [0.1, 0.15) is 15.9 Å². The molecular weight excluding hydrogens is 240 g/mol. The minimum atomic E-state index is -0.952. The number of carboxylic acid groups (broad SMARTS) is 1. The van der Waals surface area contributed by atoms with Crippen molar-refractivity contribution in [3.8, 4) is 0 Å². The molecule has 0 aliphatic rings. The lowest BCUT2D eigenvalue weighted by atomic mass is 10.1. The number of nitrogens with zero attached hydrogens (tertiary/aromatic N) is 4. The molecule has 0 bridgehead atoms. The van der Waals surface area contributed by atoms with Gasteiger partial charge in [-0.1, -0.05) is 12.1 Å². The van der Waals surface area contributed by atoms with E-state index in [1.165, 1.54) is 16.4 Å². The highest BCUT2D eigenvalue weighted by Gasteiger charge is 2.15. The van der Waals surface area contributed by atoms with Crippen LogP contribution in [0.3, 0.4) is 0 Å². The van der Waals surface area contributed by atoms with Gasteiger partial charge in [-0.2, -0.15) is 0 Å². The summed E-state index contributed by atoms with van der Waals surface area (Å²) in [6.07, 6.45) is 0. The van der Waals surface area contributed by atoms with Crippen molar-refractivity contribution in [2.45, 2.75) is 17.0 Å². The van der Waals surface area contributed by atoms with Crippen LogP contribution in [0.15, 0.2) is 28.3 Å². The molecule has 0 radical (unpaired) electrons. The van der Waals surface area contributed by atoms with E-state index in [1.807, 2.05) is 13.0 Å². The van der Waals surface area contributed by atoms with Crippen molar-refractivity contribution in [3.05, 3.63) is 29.3 Å². The maximum absolute atomic E-state index is 11.1. The summed E-state index contributed by atoms with van der Waals surface area (Å²) in [6, 6.07) is 5.15. The Kier molecular flexibility index (Phi) is 3.10. The molecule has 0 unspecified atom stereocenters. The van der Waals surface area contributed by atoms with Crippen molar-refractivity contribution in [2.24, 2.45) is 7.05 Å². The van der Waals surface area contributed by atoms with Crippen molar-refractivity contribution in [3.63, 3.8) is 0 Å². The summed E-state index contributed by atoms with van der Waals surface area (Å²) in [6.45, 7) is 1.86. The van der Waals surface area contributed by atoms with Gasteiger partial charge < -0.3 is 5.11 Å². The van der Waals surface area contributed by atoms with Gasteiger partial charge in [0.2, 0.25) is 5.16 Å². The molecule has 0 saturated carbocycles. The maximum Gasteiger partial charge on any atom is 0.336 e. The first-order valence-electron chi connectivity index (χ1n) is 4.82. The van der Waals surface area contributed by atoms with E-state index in [0.717, 1.165) is 5.56 Å². The molecule has 0 aliphatic heterocycles. The number of aromatic carboxylic acids is 1. The Morgan fingerprint density at radius 3 is 2.82 bits per heavy atom. The van der Waals surface area contributed by atoms with Crippen LogP contribution in [0, 0.1) is 6.92 Å². The normalized spacial score (nSPS) is 10.5. The fourth-order valence-corrected chi connectivity index (χ4v) is 2.28. The second-order valence-corrected chi connectivity index (χ2v) is 4.42. The Labute approximate surface area is 102 Å². The van der Waals surface area contributed by atoms with Gasteiger partial charge in [0.15, 0.2) is 0 Å². The number of rotatable bonds is 3. The molecule has 2 aromatic rings. The van der Waals surface area contributed by atoms with Crippen LogP contribution in [0.5, 0.6) is 0 Å². The van der Waals surface area contributed by atoms with Gasteiger partial charge in [-0.15, -0.1) is 5.10 Å². The summed E-state index contributed by atoms with van der Waals surface area (Å²) in [7, 11) is 1.71. The number of aromatic nitrogens is 4. The summed E-state index contributed by atoms with van der Waals surface area (Å²) >= 11 is 1.25. The SMILES string of the molecule is Cc1cccc(C(=O)O)c1Sc1nnnn1C. The number of carbonyl (C=O) groups is 1. The monoisotopic (exact) mass is 250 g/mol. The summed E-state index contributed by atoms with van der Waals surface area (Å²) in [5.74, 6) is -0.952. The van der Waals surface area contributed by atoms with Crippen molar-refractivity contribution in [1.82, 2.24) is 20.2 Å². The molecule has 0 aliphatic carbocycles. The van der Waals surface area contributed by atoms with Gasteiger partial charge in [0.1, 0.15) is 0 Å². The lowest BCUT2D eigenvalue weighted by Gasteiger charge is -2.07. The number of tetrazole rings is 1. The fourth-order valence-electron chi connectivity index (χ4n) is 1.36. The van der Waals surface area contributed by atoms with Crippen LogP contribution >= 0.6 is 11.8 Å². The molecule has 7 heteroatoms. The molecule has 0 amide bonds. The summed E-state index contributed by atoms with van der Waals surface area (Å²) < 4.78 is 1.50. The standard InChI is InChI=1S/C10H10N4O2S/c1-6-4-3-5-7(9(15)16)8(6)17-10-11-12-13-14(10)2/h3-5H,1-2H3,(H,15,16). The molecule has 6 nitrogen and oxygen atoms in total. The predicted molar refractivity (Wildman–Crippen MR) is 61.1 cm³/mol. The Balaban J connectivity index is 2.45. The number of benzene rings is 1. The first-order chi connectivity index (χ1) is 8.09. The van der Waals surface area contributed by atoms with Crippen molar-refractivity contribution in [2.75, 3.05) is 0 Å².